The van der Waals surface area contributed by atoms with Crippen LogP contribution in [0.5, 0.6) is 0 Å². The van der Waals surface area contributed by atoms with Gasteiger partial charge in [-0.25, -0.2) is 4.98 Å². The normalized spacial score (nSPS) is 10.5. The highest BCUT2D eigenvalue weighted by atomic mass is 32.2. The molecule has 7 nitrogen and oxygen atoms in total. The molecule has 0 spiro atoms. The van der Waals surface area contributed by atoms with Gasteiger partial charge in [0.25, 0.3) is 0 Å². The number of benzene rings is 1. The van der Waals surface area contributed by atoms with Gasteiger partial charge in [-0.15, -0.1) is 21.5 Å². The number of nitrogens with one attached hydrogen (secondary N) is 2. The fourth-order valence-corrected chi connectivity index (χ4v) is 4.23. The van der Waals surface area contributed by atoms with Crippen molar-refractivity contribution in [1.29, 1.82) is 0 Å². The lowest BCUT2D eigenvalue weighted by molar-refractivity contribution is -0.115. The van der Waals surface area contributed by atoms with Crippen molar-refractivity contribution in [3.63, 3.8) is 0 Å². The van der Waals surface area contributed by atoms with Crippen molar-refractivity contribution in [3.05, 3.63) is 47.0 Å². The molecule has 0 fully saturated rings. The Hall–Kier alpha value is -2.30. The molecule has 3 rings (SSSR count). The van der Waals surface area contributed by atoms with Crippen molar-refractivity contribution in [3.8, 4) is 0 Å². The lowest BCUT2D eigenvalue weighted by atomic mass is 10.1. The molecule has 0 aliphatic carbocycles. The van der Waals surface area contributed by atoms with E-state index in [1.54, 1.807) is 0 Å². The van der Waals surface area contributed by atoms with Gasteiger partial charge in [0, 0.05) is 5.38 Å². The highest BCUT2D eigenvalue weighted by molar-refractivity contribution is 8.01. The topological polar surface area (TPSA) is 96.9 Å². The molecule has 2 N–H and O–H groups in total. The molecule has 0 radical (unpaired) electrons. The lowest BCUT2D eigenvalue weighted by Gasteiger charge is -2.01. The number of rotatable bonds is 7. The minimum absolute atomic E-state index is 0.152. The summed E-state index contributed by atoms with van der Waals surface area (Å²) in [5.74, 6) is -0.111. The van der Waals surface area contributed by atoms with Gasteiger partial charge in [-0.05, 0) is 12.5 Å². The van der Waals surface area contributed by atoms with E-state index in [-0.39, 0.29) is 24.0 Å². The van der Waals surface area contributed by atoms with Crippen molar-refractivity contribution >= 4 is 56.5 Å². The summed E-state index contributed by atoms with van der Waals surface area (Å²) < 4.78 is 0.616. The van der Waals surface area contributed by atoms with Crippen molar-refractivity contribution in [2.45, 2.75) is 17.7 Å². The van der Waals surface area contributed by atoms with Crippen molar-refractivity contribution < 1.29 is 9.59 Å². The number of hydrogen-bond donors (Lipinski definition) is 2. The first-order chi connectivity index (χ1) is 12.6. The lowest BCUT2D eigenvalue weighted by Crippen LogP contribution is -2.14. The second-order valence-corrected chi connectivity index (χ2v) is 8.27. The summed E-state index contributed by atoms with van der Waals surface area (Å²) in [6.45, 7) is 1.87. The van der Waals surface area contributed by atoms with Crippen LogP contribution in [0.4, 0.5) is 10.3 Å². The molecule has 26 heavy (non-hydrogen) atoms. The first kappa shape index (κ1) is 18.5. The van der Waals surface area contributed by atoms with Gasteiger partial charge in [-0.1, -0.05) is 53.4 Å². The van der Waals surface area contributed by atoms with Gasteiger partial charge >= 0.3 is 0 Å². The summed E-state index contributed by atoms with van der Waals surface area (Å²) in [6, 6.07) is 9.47. The summed E-state index contributed by atoms with van der Waals surface area (Å²) in [4.78, 5) is 28.1. The number of thioether (sulfide) groups is 1. The van der Waals surface area contributed by atoms with Gasteiger partial charge < -0.3 is 10.6 Å². The number of aryl methyl sites for hydroxylation is 1. The molecule has 0 atom stereocenters. The molecule has 3 aromatic rings. The molecule has 2 aromatic heterocycles. The van der Waals surface area contributed by atoms with Crippen LogP contribution >= 0.6 is 34.4 Å². The molecule has 10 heteroatoms. The van der Waals surface area contributed by atoms with Gasteiger partial charge in [-0.3, -0.25) is 9.59 Å². The third-order valence-corrected chi connectivity index (χ3v) is 5.90. The fraction of sp³-hybridized carbons (Fsp3) is 0.188. The number of aromatic nitrogens is 3. The smallest absolute Gasteiger partial charge is 0.236 e. The third kappa shape index (κ3) is 5.61. The Morgan fingerprint density at radius 2 is 1.85 bits per heavy atom. The molecular formula is C16H15N5O2S3. The summed E-state index contributed by atoms with van der Waals surface area (Å²) >= 11 is 3.89. The number of carbonyl (C=O) groups is 2. The van der Waals surface area contributed by atoms with Gasteiger partial charge in [0.05, 0.1) is 17.9 Å². The zero-order valence-corrected chi connectivity index (χ0v) is 16.2. The van der Waals surface area contributed by atoms with E-state index >= 15 is 0 Å². The monoisotopic (exact) mass is 405 g/mol. The van der Waals surface area contributed by atoms with Crippen LogP contribution in [0.3, 0.4) is 0 Å². The molecular weight excluding hydrogens is 390 g/mol. The Morgan fingerprint density at radius 1 is 1.08 bits per heavy atom. The molecule has 0 bridgehead atoms. The Bertz CT molecular complexity index is 894. The molecule has 0 unspecified atom stereocenters. The summed E-state index contributed by atoms with van der Waals surface area (Å²) in [7, 11) is 0. The van der Waals surface area contributed by atoms with Crippen LogP contribution in [0.15, 0.2) is 40.1 Å². The van der Waals surface area contributed by atoms with Crippen LogP contribution in [0.25, 0.3) is 0 Å². The Morgan fingerprint density at radius 3 is 2.58 bits per heavy atom. The van der Waals surface area contributed by atoms with Crippen LogP contribution in [-0.2, 0) is 16.0 Å². The van der Waals surface area contributed by atoms with E-state index in [1.165, 1.54) is 34.4 Å². The Balaban J connectivity index is 1.45. The zero-order valence-electron chi connectivity index (χ0n) is 13.8. The summed E-state index contributed by atoms with van der Waals surface area (Å²) in [6.07, 6.45) is 0.276. The number of carbonyl (C=O) groups excluding carboxylic acids is 2. The quantitative estimate of drug-likeness (QED) is 0.463. The first-order valence-electron chi connectivity index (χ1n) is 7.60. The van der Waals surface area contributed by atoms with E-state index < -0.39 is 0 Å². The maximum atomic E-state index is 12.0. The maximum absolute atomic E-state index is 12.0. The van der Waals surface area contributed by atoms with Gasteiger partial charge in [0.15, 0.2) is 9.47 Å². The second-order valence-electron chi connectivity index (χ2n) is 5.21. The molecule has 0 aliphatic heterocycles. The second kappa shape index (κ2) is 8.88. The predicted octanol–water partition coefficient (Wildman–Crippen LogP) is 3.22. The van der Waals surface area contributed by atoms with E-state index in [9.17, 15) is 9.59 Å². The average molecular weight is 406 g/mol. The molecule has 1 aromatic carbocycles. The largest absolute Gasteiger partial charge is 0.301 e. The minimum atomic E-state index is -0.158. The van der Waals surface area contributed by atoms with Gasteiger partial charge in [0.2, 0.25) is 16.9 Å². The van der Waals surface area contributed by atoms with Gasteiger partial charge in [-0.2, -0.15) is 0 Å². The average Bonchev–Trinajstić information content (AvgIpc) is 3.22. The van der Waals surface area contributed by atoms with Crippen molar-refractivity contribution in [1.82, 2.24) is 15.2 Å². The van der Waals surface area contributed by atoms with Crippen LogP contribution in [0.2, 0.25) is 0 Å². The molecule has 134 valence electrons. The first-order valence-corrected chi connectivity index (χ1v) is 10.3. The maximum Gasteiger partial charge on any atom is 0.236 e. The number of nitrogens with zero attached hydrogens (tertiary/aromatic N) is 3. The molecule has 0 saturated heterocycles. The van der Waals surface area contributed by atoms with Gasteiger partial charge in [0.1, 0.15) is 0 Å². The van der Waals surface area contributed by atoms with Crippen molar-refractivity contribution in [2.24, 2.45) is 0 Å². The summed E-state index contributed by atoms with van der Waals surface area (Å²) in [5, 5.41) is 16.3. The highest BCUT2D eigenvalue weighted by Crippen LogP contribution is 2.26. The number of anilines is 2. The van der Waals surface area contributed by atoms with E-state index in [1.807, 2.05) is 42.6 Å². The number of thiazole rings is 1. The van der Waals surface area contributed by atoms with Crippen LogP contribution < -0.4 is 10.6 Å². The van der Waals surface area contributed by atoms with Crippen LogP contribution in [0, 0.1) is 6.92 Å². The summed E-state index contributed by atoms with van der Waals surface area (Å²) in [5.41, 5.74) is 1.80. The minimum Gasteiger partial charge on any atom is -0.301 e. The molecule has 0 aliphatic rings. The van der Waals surface area contributed by atoms with Crippen molar-refractivity contribution in [2.75, 3.05) is 16.4 Å². The Labute approximate surface area is 162 Å². The van der Waals surface area contributed by atoms with E-state index in [4.69, 9.17) is 0 Å². The third-order valence-electron chi connectivity index (χ3n) is 3.05. The predicted molar refractivity (Wildman–Crippen MR) is 105 cm³/mol. The molecule has 2 amide bonds. The van der Waals surface area contributed by atoms with E-state index in [2.05, 4.69) is 25.8 Å². The van der Waals surface area contributed by atoms with E-state index in [0.29, 0.717) is 14.6 Å². The Kier molecular flexibility index (Phi) is 6.31. The van der Waals surface area contributed by atoms with E-state index in [0.717, 1.165) is 11.3 Å². The zero-order chi connectivity index (χ0) is 18.4. The molecule has 2 heterocycles. The van der Waals surface area contributed by atoms with Crippen LogP contribution in [-0.4, -0.2) is 32.7 Å². The number of hydrogen-bond acceptors (Lipinski definition) is 8. The fourth-order valence-electron chi connectivity index (χ4n) is 1.96. The highest BCUT2D eigenvalue weighted by Gasteiger charge is 2.12. The standard InChI is InChI=1S/C16H15N5O2S3/c1-10-8-24-14(17-10)19-13(23)9-25-16-21-20-15(26-16)18-12(22)7-11-5-3-2-4-6-11/h2-6,8H,7,9H2,1H3,(H,17,19,23)(H,18,20,22). The molecule has 0 saturated carbocycles. The SMILES string of the molecule is Cc1csc(NC(=O)CSc2nnc(NC(=O)Cc3ccccc3)s2)n1. The van der Waals surface area contributed by atoms with Crippen LogP contribution in [0.1, 0.15) is 11.3 Å². The number of amides is 2.